The molecular weight excluding hydrogens is 234 g/mol. The Kier molecular flexibility index (Phi) is 6.08. The van der Waals surface area contributed by atoms with Crippen LogP contribution in [0.15, 0.2) is 35.2 Å². The first-order valence-corrected chi connectivity index (χ1v) is 6.52. The van der Waals surface area contributed by atoms with Crippen molar-refractivity contribution in [2.45, 2.75) is 30.0 Å². The smallest absolute Gasteiger partial charge is 0.233 e. The Morgan fingerprint density at radius 2 is 2.00 bits per heavy atom. The third kappa shape index (κ3) is 5.24. The van der Waals surface area contributed by atoms with Crippen LogP contribution >= 0.6 is 11.8 Å². The Morgan fingerprint density at radius 1 is 1.35 bits per heavy atom. The van der Waals surface area contributed by atoms with E-state index in [1.54, 1.807) is 18.9 Å². The third-order valence-electron chi connectivity index (χ3n) is 2.23. The van der Waals surface area contributed by atoms with Crippen molar-refractivity contribution in [3.63, 3.8) is 0 Å². The molecule has 1 aromatic rings. The van der Waals surface area contributed by atoms with Gasteiger partial charge >= 0.3 is 0 Å². The summed E-state index contributed by atoms with van der Waals surface area (Å²) in [5.41, 5.74) is 0. The maximum Gasteiger partial charge on any atom is 0.233 e. The summed E-state index contributed by atoms with van der Waals surface area (Å²) in [6.07, 6.45) is 0. The number of hydrogen-bond acceptors (Lipinski definition) is 3. The van der Waals surface area contributed by atoms with E-state index in [4.69, 9.17) is 4.74 Å². The summed E-state index contributed by atoms with van der Waals surface area (Å²) in [6, 6.07) is 9.97. The van der Waals surface area contributed by atoms with Gasteiger partial charge < -0.3 is 10.1 Å². The normalized spacial score (nSPS) is 14.1. The number of thioether (sulfide) groups is 1. The summed E-state index contributed by atoms with van der Waals surface area (Å²) >= 11 is 1.56. The number of amides is 1. The standard InChI is InChI=1S/C13H19NO2S/c1-10(9-16-3)14-13(15)11(2)17-12-7-5-4-6-8-12/h4-8,10-11H,9H2,1-3H3,(H,14,15). The molecule has 1 aromatic carbocycles. The Morgan fingerprint density at radius 3 is 2.59 bits per heavy atom. The van der Waals surface area contributed by atoms with Gasteiger partial charge in [0.05, 0.1) is 11.9 Å². The maximum absolute atomic E-state index is 11.8. The van der Waals surface area contributed by atoms with Crippen molar-refractivity contribution in [2.75, 3.05) is 13.7 Å². The summed E-state index contributed by atoms with van der Waals surface area (Å²) in [5.74, 6) is 0.0448. The molecule has 2 unspecified atom stereocenters. The van der Waals surface area contributed by atoms with Crippen molar-refractivity contribution in [3.8, 4) is 0 Å². The fraction of sp³-hybridized carbons (Fsp3) is 0.462. The zero-order valence-corrected chi connectivity index (χ0v) is 11.3. The van der Waals surface area contributed by atoms with E-state index in [0.717, 1.165) is 4.90 Å². The fourth-order valence-electron chi connectivity index (χ4n) is 1.41. The van der Waals surface area contributed by atoms with Crippen molar-refractivity contribution in [1.29, 1.82) is 0 Å². The predicted octanol–water partition coefficient (Wildman–Crippen LogP) is 2.32. The van der Waals surface area contributed by atoms with Gasteiger partial charge in [0.1, 0.15) is 0 Å². The molecule has 0 saturated heterocycles. The first-order valence-electron chi connectivity index (χ1n) is 5.64. The van der Waals surface area contributed by atoms with E-state index in [1.165, 1.54) is 0 Å². The van der Waals surface area contributed by atoms with Gasteiger partial charge in [-0.2, -0.15) is 0 Å². The van der Waals surface area contributed by atoms with Gasteiger partial charge in [-0.15, -0.1) is 11.8 Å². The summed E-state index contributed by atoms with van der Waals surface area (Å²) in [7, 11) is 1.63. The molecule has 17 heavy (non-hydrogen) atoms. The van der Waals surface area contributed by atoms with Crippen molar-refractivity contribution in [2.24, 2.45) is 0 Å². The number of methoxy groups -OCH3 is 1. The molecule has 1 amide bonds. The zero-order chi connectivity index (χ0) is 12.7. The molecule has 0 bridgehead atoms. The highest BCUT2D eigenvalue weighted by molar-refractivity contribution is 8.00. The average molecular weight is 253 g/mol. The summed E-state index contributed by atoms with van der Waals surface area (Å²) in [4.78, 5) is 13.0. The first kappa shape index (κ1) is 14.1. The minimum Gasteiger partial charge on any atom is -0.383 e. The Balaban J connectivity index is 2.42. The lowest BCUT2D eigenvalue weighted by molar-refractivity contribution is -0.121. The molecule has 0 aliphatic rings. The molecule has 94 valence electrons. The number of benzene rings is 1. The largest absolute Gasteiger partial charge is 0.383 e. The topological polar surface area (TPSA) is 38.3 Å². The molecule has 0 aromatic heterocycles. The Bertz CT molecular complexity index is 343. The van der Waals surface area contributed by atoms with Gasteiger partial charge in [-0.05, 0) is 26.0 Å². The Hall–Kier alpha value is -1.00. The van der Waals surface area contributed by atoms with Crippen LogP contribution in [0.4, 0.5) is 0 Å². The molecule has 1 rings (SSSR count). The monoisotopic (exact) mass is 253 g/mol. The molecule has 1 N–H and O–H groups in total. The Labute approximate surface area is 107 Å². The third-order valence-corrected chi connectivity index (χ3v) is 3.34. The second-order valence-electron chi connectivity index (χ2n) is 3.94. The van der Waals surface area contributed by atoms with Crippen molar-refractivity contribution >= 4 is 17.7 Å². The molecule has 2 atom stereocenters. The van der Waals surface area contributed by atoms with E-state index in [0.29, 0.717) is 6.61 Å². The van der Waals surface area contributed by atoms with Gasteiger partial charge in [-0.25, -0.2) is 0 Å². The van der Waals surface area contributed by atoms with Crippen LogP contribution in [0.1, 0.15) is 13.8 Å². The number of carbonyl (C=O) groups is 1. The minimum absolute atomic E-state index is 0.0448. The van der Waals surface area contributed by atoms with E-state index < -0.39 is 0 Å². The van der Waals surface area contributed by atoms with Gasteiger partial charge in [0.15, 0.2) is 0 Å². The maximum atomic E-state index is 11.8. The number of ether oxygens (including phenoxy) is 1. The first-order chi connectivity index (χ1) is 8.13. The SMILES string of the molecule is COCC(C)NC(=O)C(C)Sc1ccccc1. The molecule has 0 aliphatic heterocycles. The molecule has 0 spiro atoms. The van der Waals surface area contributed by atoms with Gasteiger partial charge in [-0.3, -0.25) is 4.79 Å². The van der Waals surface area contributed by atoms with Gasteiger partial charge in [0.25, 0.3) is 0 Å². The number of carbonyl (C=O) groups excluding carboxylic acids is 1. The van der Waals surface area contributed by atoms with Crippen LogP contribution in [0.3, 0.4) is 0 Å². The van der Waals surface area contributed by atoms with E-state index in [-0.39, 0.29) is 17.2 Å². The molecule has 3 nitrogen and oxygen atoms in total. The van der Waals surface area contributed by atoms with Gasteiger partial charge in [0.2, 0.25) is 5.91 Å². The van der Waals surface area contributed by atoms with E-state index in [9.17, 15) is 4.79 Å². The van der Waals surface area contributed by atoms with Crippen LogP contribution < -0.4 is 5.32 Å². The second-order valence-corrected chi connectivity index (χ2v) is 5.35. The van der Waals surface area contributed by atoms with Crippen molar-refractivity contribution in [1.82, 2.24) is 5.32 Å². The lowest BCUT2D eigenvalue weighted by Crippen LogP contribution is -2.39. The average Bonchev–Trinajstić information content (AvgIpc) is 2.30. The lowest BCUT2D eigenvalue weighted by atomic mass is 10.3. The van der Waals surface area contributed by atoms with E-state index in [1.807, 2.05) is 44.2 Å². The lowest BCUT2D eigenvalue weighted by Gasteiger charge is -2.16. The van der Waals surface area contributed by atoms with Crippen LogP contribution in [0, 0.1) is 0 Å². The molecule has 0 aliphatic carbocycles. The van der Waals surface area contributed by atoms with E-state index >= 15 is 0 Å². The van der Waals surface area contributed by atoms with Gasteiger partial charge in [0, 0.05) is 18.0 Å². The summed E-state index contributed by atoms with van der Waals surface area (Å²) in [6.45, 7) is 4.38. The molecule has 0 heterocycles. The predicted molar refractivity (Wildman–Crippen MR) is 71.2 cm³/mol. The second kappa shape index (κ2) is 7.35. The quantitative estimate of drug-likeness (QED) is 0.791. The highest BCUT2D eigenvalue weighted by atomic mass is 32.2. The minimum atomic E-state index is -0.100. The fourth-order valence-corrected chi connectivity index (χ4v) is 2.31. The molecule has 0 radical (unpaired) electrons. The summed E-state index contributed by atoms with van der Waals surface area (Å²) < 4.78 is 4.98. The molecule has 0 fully saturated rings. The molecule has 0 saturated carbocycles. The van der Waals surface area contributed by atoms with Crippen LogP contribution in [-0.2, 0) is 9.53 Å². The number of nitrogens with one attached hydrogen (secondary N) is 1. The van der Waals surface area contributed by atoms with Crippen molar-refractivity contribution in [3.05, 3.63) is 30.3 Å². The summed E-state index contributed by atoms with van der Waals surface area (Å²) in [5, 5.41) is 2.82. The van der Waals surface area contributed by atoms with E-state index in [2.05, 4.69) is 5.32 Å². The van der Waals surface area contributed by atoms with Gasteiger partial charge in [-0.1, -0.05) is 18.2 Å². The van der Waals surface area contributed by atoms with Crippen LogP contribution in [-0.4, -0.2) is 30.9 Å². The highest BCUT2D eigenvalue weighted by Crippen LogP contribution is 2.22. The molecular formula is C13H19NO2S. The van der Waals surface area contributed by atoms with Crippen LogP contribution in [0.5, 0.6) is 0 Å². The highest BCUT2D eigenvalue weighted by Gasteiger charge is 2.16. The number of rotatable bonds is 6. The zero-order valence-electron chi connectivity index (χ0n) is 10.5. The number of hydrogen-bond donors (Lipinski definition) is 1. The van der Waals surface area contributed by atoms with Crippen LogP contribution in [0.25, 0.3) is 0 Å². The molecule has 4 heteroatoms. The van der Waals surface area contributed by atoms with Crippen molar-refractivity contribution < 1.29 is 9.53 Å². The van der Waals surface area contributed by atoms with Crippen LogP contribution in [0.2, 0.25) is 0 Å².